The minimum atomic E-state index is -0.243. The monoisotopic (exact) mass is 319 g/mol. The van der Waals surface area contributed by atoms with Crippen LogP contribution in [0.15, 0.2) is 60.8 Å². The zero-order chi connectivity index (χ0) is 16.5. The summed E-state index contributed by atoms with van der Waals surface area (Å²) in [4.78, 5) is 12.5. The molecule has 0 radical (unpaired) electrons. The average molecular weight is 319 g/mol. The van der Waals surface area contributed by atoms with Crippen LogP contribution in [-0.4, -0.2) is 10.4 Å². The Hall–Kier alpha value is -2.68. The number of ketones is 1. The van der Waals surface area contributed by atoms with E-state index in [1.807, 2.05) is 24.4 Å². The Bertz CT molecular complexity index is 878. The second-order valence-corrected chi connectivity index (χ2v) is 6.27. The highest BCUT2D eigenvalue weighted by Crippen LogP contribution is 2.34. The third-order valence-electron chi connectivity index (χ3n) is 4.63. The molecular weight excluding hydrogens is 301 g/mol. The van der Waals surface area contributed by atoms with Crippen molar-refractivity contribution in [3.05, 3.63) is 83.4 Å². The molecule has 1 heterocycles. The molecule has 0 bridgehead atoms. The van der Waals surface area contributed by atoms with Crippen LogP contribution in [0.5, 0.6) is 0 Å². The largest absolute Gasteiger partial charge is 0.340 e. The number of aromatic nitrogens is 1. The lowest BCUT2D eigenvalue weighted by Crippen LogP contribution is -2.15. The highest BCUT2D eigenvalue weighted by atomic mass is 19.1. The van der Waals surface area contributed by atoms with Gasteiger partial charge in [0.1, 0.15) is 5.82 Å². The molecule has 0 atom stereocenters. The van der Waals surface area contributed by atoms with E-state index >= 15 is 0 Å². The number of hydrogen-bond donors (Lipinski definition) is 0. The van der Waals surface area contributed by atoms with E-state index in [-0.39, 0.29) is 11.6 Å². The minimum Gasteiger partial charge on any atom is -0.340 e. The molecule has 0 fully saturated rings. The van der Waals surface area contributed by atoms with Gasteiger partial charge in [-0.1, -0.05) is 42.5 Å². The molecule has 0 N–H and O–H groups in total. The number of carbonyl (C=O) groups excluding carboxylic acids is 1. The smallest absolute Gasteiger partial charge is 0.179 e. The number of benzene rings is 2. The maximum Gasteiger partial charge on any atom is 0.179 e. The standard InChI is InChI=1S/C21H18FNO/c22-17-11-9-16(10-12-17)19-14-23(13-15-5-2-1-3-6-15)21-18(19)7-4-8-20(21)24/h1-3,5-6,9-12,14H,4,7-8,13H2. The van der Waals surface area contributed by atoms with E-state index in [4.69, 9.17) is 0 Å². The van der Waals surface area contributed by atoms with Gasteiger partial charge in [0.05, 0.1) is 5.69 Å². The first kappa shape index (κ1) is 14.9. The van der Waals surface area contributed by atoms with Crippen LogP contribution in [0.25, 0.3) is 11.1 Å². The van der Waals surface area contributed by atoms with Gasteiger partial charge in [-0.3, -0.25) is 4.79 Å². The van der Waals surface area contributed by atoms with Gasteiger partial charge in [0.2, 0.25) is 0 Å². The summed E-state index contributed by atoms with van der Waals surface area (Å²) in [6, 6.07) is 16.7. The zero-order valence-corrected chi connectivity index (χ0v) is 13.3. The predicted molar refractivity (Wildman–Crippen MR) is 92.6 cm³/mol. The fourth-order valence-corrected chi connectivity index (χ4v) is 3.51. The van der Waals surface area contributed by atoms with Crippen molar-refractivity contribution in [1.29, 1.82) is 0 Å². The van der Waals surface area contributed by atoms with Crippen LogP contribution in [0.3, 0.4) is 0 Å². The fourth-order valence-electron chi connectivity index (χ4n) is 3.51. The first-order valence-electron chi connectivity index (χ1n) is 8.27. The number of nitrogens with zero attached hydrogens (tertiary/aromatic N) is 1. The number of hydrogen-bond acceptors (Lipinski definition) is 1. The molecule has 3 heteroatoms. The second-order valence-electron chi connectivity index (χ2n) is 6.27. The topological polar surface area (TPSA) is 22.0 Å². The summed E-state index contributed by atoms with van der Waals surface area (Å²) in [5.74, 6) is -0.0343. The normalized spacial score (nSPS) is 13.8. The van der Waals surface area contributed by atoms with Crippen molar-refractivity contribution in [2.75, 3.05) is 0 Å². The van der Waals surface area contributed by atoms with Crippen molar-refractivity contribution >= 4 is 5.78 Å². The number of carbonyl (C=O) groups is 1. The molecule has 4 rings (SSSR count). The van der Waals surface area contributed by atoms with Crippen LogP contribution in [0.4, 0.5) is 4.39 Å². The summed E-state index contributed by atoms with van der Waals surface area (Å²) >= 11 is 0. The Morgan fingerprint density at radius 2 is 1.71 bits per heavy atom. The van der Waals surface area contributed by atoms with E-state index in [2.05, 4.69) is 16.7 Å². The van der Waals surface area contributed by atoms with Gasteiger partial charge in [0, 0.05) is 24.7 Å². The van der Waals surface area contributed by atoms with Crippen molar-refractivity contribution in [2.45, 2.75) is 25.8 Å². The Labute approximate surface area is 140 Å². The van der Waals surface area contributed by atoms with Gasteiger partial charge in [-0.15, -0.1) is 0 Å². The molecule has 3 aromatic rings. The van der Waals surface area contributed by atoms with Crippen molar-refractivity contribution in [1.82, 2.24) is 4.57 Å². The molecule has 1 aliphatic rings. The second kappa shape index (κ2) is 6.08. The molecule has 1 aliphatic carbocycles. The molecule has 0 unspecified atom stereocenters. The first-order valence-corrected chi connectivity index (χ1v) is 8.27. The van der Waals surface area contributed by atoms with E-state index in [9.17, 15) is 9.18 Å². The van der Waals surface area contributed by atoms with Crippen LogP contribution in [0, 0.1) is 5.82 Å². The molecule has 24 heavy (non-hydrogen) atoms. The molecule has 2 nitrogen and oxygen atoms in total. The van der Waals surface area contributed by atoms with E-state index < -0.39 is 0 Å². The van der Waals surface area contributed by atoms with Crippen LogP contribution in [0.2, 0.25) is 0 Å². The molecule has 1 aromatic heterocycles. The lowest BCUT2D eigenvalue weighted by atomic mass is 9.91. The van der Waals surface area contributed by atoms with Crippen LogP contribution >= 0.6 is 0 Å². The number of rotatable bonds is 3. The summed E-state index contributed by atoms with van der Waals surface area (Å²) in [7, 11) is 0. The Morgan fingerprint density at radius 3 is 2.46 bits per heavy atom. The highest BCUT2D eigenvalue weighted by Gasteiger charge is 2.25. The van der Waals surface area contributed by atoms with Gasteiger partial charge >= 0.3 is 0 Å². The maximum atomic E-state index is 13.2. The summed E-state index contributed by atoms with van der Waals surface area (Å²) < 4.78 is 15.3. The third kappa shape index (κ3) is 2.67. The highest BCUT2D eigenvalue weighted by molar-refractivity contribution is 5.99. The molecule has 0 amide bonds. The molecule has 2 aromatic carbocycles. The fraction of sp³-hybridized carbons (Fsp3) is 0.190. The lowest BCUT2D eigenvalue weighted by molar-refractivity contribution is 0.0963. The summed E-state index contributed by atoms with van der Waals surface area (Å²) in [5.41, 5.74) is 5.11. The summed E-state index contributed by atoms with van der Waals surface area (Å²) in [6.45, 7) is 0.677. The van der Waals surface area contributed by atoms with E-state index in [0.29, 0.717) is 13.0 Å². The molecule has 120 valence electrons. The van der Waals surface area contributed by atoms with Crippen LogP contribution < -0.4 is 0 Å². The third-order valence-corrected chi connectivity index (χ3v) is 4.63. The summed E-state index contributed by atoms with van der Waals surface area (Å²) in [6.07, 6.45) is 4.44. The SMILES string of the molecule is O=C1CCCc2c(-c3ccc(F)cc3)cn(Cc3ccccc3)c21. The van der Waals surface area contributed by atoms with Crippen molar-refractivity contribution < 1.29 is 9.18 Å². The molecular formula is C21H18FNO. The van der Waals surface area contributed by atoms with Crippen molar-refractivity contribution in [3.8, 4) is 11.1 Å². The number of fused-ring (bicyclic) bond motifs is 1. The predicted octanol–water partition coefficient (Wildman–Crippen LogP) is 4.86. The van der Waals surface area contributed by atoms with Gasteiger partial charge < -0.3 is 4.57 Å². The average Bonchev–Trinajstić information content (AvgIpc) is 2.96. The Morgan fingerprint density at radius 1 is 0.958 bits per heavy atom. The molecule has 0 aliphatic heterocycles. The maximum absolute atomic E-state index is 13.2. The van der Waals surface area contributed by atoms with Crippen LogP contribution in [-0.2, 0) is 13.0 Å². The van der Waals surface area contributed by atoms with Crippen molar-refractivity contribution in [3.63, 3.8) is 0 Å². The van der Waals surface area contributed by atoms with Crippen LogP contribution in [0.1, 0.15) is 34.5 Å². The van der Waals surface area contributed by atoms with Gasteiger partial charge in [0.15, 0.2) is 5.78 Å². The number of halogens is 1. The molecule has 0 saturated carbocycles. The molecule has 0 spiro atoms. The van der Waals surface area contributed by atoms with Gasteiger partial charge in [-0.05, 0) is 41.7 Å². The first-order chi connectivity index (χ1) is 11.7. The molecule has 0 saturated heterocycles. The zero-order valence-electron chi connectivity index (χ0n) is 13.3. The van der Waals surface area contributed by atoms with Gasteiger partial charge in [-0.2, -0.15) is 0 Å². The quantitative estimate of drug-likeness (QED) is 0.675. The Kier molecular flexibility index (Phi) is 3.77. The van der Waals surface area contributed by atoms with Crippen molar-refractivity contribution in [2.24, 2.45) is 0 Å². The summed E-state index contributed by atoms with van der Waals surface area (Å²) in [5, 5.41) is 0. The van der Waals surface area contributed by atoms with E-state index in [1.165, 1.54) is 17.7 Å². The lowest BCUT2D eigenvalue weighted by Gasteiger charge is -2.15. The Balaban J connectivity index is 1.82. The van der Waals surface area contributed by atoms with E-state index in [1.54, 1.807) is 12.1 Å². The number of Topliss-reactive ketones (excluding diaryl/α,β-unsaturated/α-hetero) is 1. The minimum absolute atomic E-state index is 0.209. The van der Waals surface area contributed by atoms with Gasteiger partial charge in [-0.25, -0.2) is 4.39 Å². The van der Waals surface area contributed by atoms with E-state index in [0.717, 1.165) is 35.2 Å². The van der Waals surface area contributed by atoms with Gasteiger partial charge in [0.25, 0.3) is 0 Å².